The molecule has 0 bridgehead atoms. The van der Waals surface area contributed by atoms with E-state index in [2.05, 4.69) is 27.0 Å². The second kappa shape index (κ2) is 4.09. The minimum absolute atomic E-state index is 0.337. The minimum Gasteiger partial charge on any atom is -0.273 e. The molecule has 92 valence electrons. The summed E-state index contributed by atoms with van der Waals surface area (Å²) in [5.74, 6) is -0.337. The van der Waals surface area contributed by atoms with Crippen LogP contribution in [0.4, 0.5) is 0 Å². The van der Waals surface area contributed by atoms with E-state index in [1.54, 1.807) is 0 Å². The normalized spacial score (nSPS) is 12.9. The third-order valence-electron chi connectivity index (χ3n) is 3.45. The Bertz CT molecular complexity index is 506. The zero-order valence-electron chi connectivity index (χ0n) is 11.0. The molecule has 1 heterocycles. The standard InChI is InChI=1S/C12H19N5/c1-12(15(2)3,16(4)5)17-11-9-7-6-8-10(11)13-14-17/h6-9H,1-5H3. The van der Waals surface area contributed by atoms with Crippen molar-refractivity contribution in [2.24, 2.45) is 0 Å². The monoisotopic (exact) mass is 233 g/mol. The molecule has 0 unspecified atom stereocenters. The summed E-state index contributed by atoms with van der Waals surface area (Å²) in [6.07, 6.45) is 0. The lowest BCUT2D eigenvalue weighted by Gasteiger charge is -2.41. The number of nitrogens with zero attached hydrogens (tertiary/aromatic N) is 5. The van der Waals surface area contributed by atoms with Crippen LogP contribution in [-0.4, -0.2) is 53.0 Å². The highest BCUT2D eigenvalue weighted by atomic mass is 15.6. The predicted molar refractivity (Wildman–Crippen MR) is 68.6 cm³/mol. The van der Waals surface area contributed by atoms with E-state index in [9.17, 15) is 0 Å². The fraction of sp³-hybridized carbons (Fsp3) is 0.500. The fourth-order valence-electron chi connectivity index (χ4n) is 1.96. The number of benzene rings is 1. The van der Waals surface area contributed by atoms with Crippen molar-refractivity contribution in [2.45, 2.75) is 12.7 Å². The van der Waals surface area contributed by atoms with E-state index in [-0.39, 0.29) is 5.79 Å². The summed E-state index contributed by atoms with van der Waals surface area (Å²) < 4.78 is 1.95. The van der Waals surface area contributed by atoms with Crippen molar-refractivity contribution >= 4 is 11.0 Å². The summed E-state index contributed by atoms with van der Waals surface area (Å²) in [6.45, 7) is 2.12. The molecule has 1 aromatic carbocycles. The maximum absolute atomic E-state index is 4.29. The van der Waals surface area contributed by atoms with Crippen molar-refractivity contribution in [3.8, 4) is 0 Å². The average Bonchev–Trinajstić information content (AvgIpc) is 2.71. The van der Waals surface area contributed by atoms with Gasteiger partial charge in [-0.05, 0) is 47.2 Å². The molecule has 0 fully saturated rings. The number of para-hydroxylation sites is 1. The van der Waals surface area contributed by atoms with Crippen LogP contribution in [0.3, 0.4) is 0 Å². The van der Waals surface area contributed by atoms with Crippen LogP contribution < -0.4 is 0 Å². The molecule has 0 aliphatic rings. The van der Waals surface area contributed by atoms with Gasteiger partial charge < -0.3 is 0 Å². The highest BCUT2D eigenvalue weighted by molar-refractivity contribution is 5.74. The van der Waals surface area contributed by atoms with Gasteiger partial charge in [0.05, 0.1) is 5.52 Å². The molecule has 2 aromatic rings. The summed E-state index contributed by atoms with van der Waals surface area (Å²) in [4.78, 5) is 4.24. The van der Waals surface area contributed by atoms with Gasteiger partial charge in [-0.2, -0.15) is 0 Å². The lowest BCUT2D eigenvalue weighted by atomic mass is 10.2. The molecule has 0 atom stereocenters. The molecule has 0 amide bonds. The van der Waals surface area contributed by atoms with Gasteiger partial charge in [0.2, 0.25) is 0 Å². The molecular weight excluding hydrogens is 214 g/mol. The molecule has 0 aliphatic heterocycles. The number of rotatable bonds is 3. The first-order chi connectivity index (χ1) is 7.98. The van der Waals surface area contributed by atoms with Crippen molar-refractivity contribution in [3.05, 3.63) is 24.3 Å². The Hall–Kier alpha value is -1.46. The Labute approximate surface area is 102 Å². The van der Waals surface area contributed by atoms with Crippen LogP contribution >= 0.6 is 0 Å². The van der Waals surface area contributed by atoms with Crippen LogP contribution in [-0.2, 0) is 5.79 Å². The number of aromatic nitrogens is 3. The summed E-state index contributed by atoms with van der Waals surface area (Å²) in [6, 6.07) is 8.00. The smallest absolute Gasteiger partial charge is 0.170 e. The number of hydrogen-bond acceptors (Lipinski definition) is 4. The zero-order chi connectivity index (χ0) is 12.6. The Morgan fingerprint density at radius 3 is 2.24 bits per heavy atom. The van der Waals surface area contributed by atoms with Gasteiger partial charge in [0.25, 0.3) is 0 Å². The van der Waals surface area contributed by atoms with E-state index in [1.807, 2.05) is 57.1 Å². The van der Waals surface area contributed by atoms with Crippen LogP contribution in [0.25, 0.3) is 11.0 Å². The maximum Gasteiger partial charge on any atom is 0.170 e. The van der Waals surface area contributed by atoms with E-state index in [1.165, 1.54) is 0 Å². The van der Waals surface area contributed by atoms with Crippen molar-refractivity contribution in [3.63, 3.8) is 0 Å². The van der Waals surface area contributed by atoms with Crippen LogP contribution in [0.1, 0.15) is 6.92 Å². The summed E-state index contributed by atoms with van der Waals surface area (Å²) in [7, 11) is 8.15. The first-order valence-electron chi connectivity index (χ1n) is 5.63. The van der Waals surface area contributed by atoms with Gasteiger partial charge in [0, 0.05) is 0 Å². The topological polar surface area (TPSA) is 37.2 Å². The molecule has 0 saturated carbocycles. The van der Waals surface area contributed by atoms with Crippen LogP contribution in [0.2, 0.25) is 0 Å². The first-order valence-corrected chi connectivity index (χ1v) is 5.63. The summed E-state index contributed by atoms with van der Waals surface area (Å²) in [5, 5.41) is 8.50. The zero-order valence-corrected chi connectivity index (χ0v) is 11.0. The van der Waals surface area contributed by atoms with Gasteiger partial charge in [-0.15, -0.1) is 5.10 Å². The quantitative estimate of drug-likeness (QED) is 0.746. The molecule has 0 radical (unpaired) electrons. The van der Waals surface area contributed by atoms with E-state index < -0.39 is 0 Å². The Balaban J connectivity index is 2.65. The third-order valence-corrected chi connectivity index (χ3v) is 3.45. The van der Waals surface area contributed by atoms with E-state index in [4.69, 9.17) is 0 Å². The second-order valence-corrected chi connectivity index (χ2v) is 4.75. The minimum atomic E-state index is -0.337. The van der Waals surface area contributed by atoms with Gasteiger partial charge in [0.15, 0.2) is 5.79 Å². The average molecular weight is 233 g/mol. The van der Waals surface area contributed by atoms with E-state index in [0.717, 1.165) is 11.0 Å². The summed E-state index contributed by atoms with van der Waals surface area (Å²) in [5.41, 5.74) is 1.96. The largest absolute Gasteiger partial charge is 0.273 e. The van der Waals surface area contributed by atoms with Crippen LogP contribution in [0, 0.1) is 0 Å². The number of fused-ring (bicyclic) bond motifs is 1. The fourth-order valence-corrected chi connectivity index (χ4v) is 1.96. The van der Waals surface area contributed by atoms with Crippen molar-refractivity contribution in [1.82, 2.24) is 24.8 Å². The SMILES string of the molecule is CN(C)C(C)(N(C)C)n1nnc2ccccc21. The number of hydrogen-bond donors (Lipinski definition) is 0. The molecule has 5 heteroatoms. The van der Waals surface area contributed by atoms with Gasteiger partial charge in [0.1, 0.15) is 5.52 Å². The molecule has 0 aliphatic carbocycles. The molecule has 17 heavy (non-hydrogen) atoms. The molecular formula is C12H19N5. The summed E-state index contributed by atoms with van der Waals surface area (Å²) >= 11 is 0. The van der Waals surface area contributed by atoms with Gasteiger partial charge >= 0.3 is 0 Å². The first kappa shape index (κ1) is 12.0. The lowest BCUT2D eigenvalue weighted by molar-refractivity contribution is -0.0600. The van der Waals surface area contributed by atoms with Crippen LogP contribution in [0.5, 0.6) is 0 Å². The predicted octanol–water partition coefficient (Wildman–Crippen LogP) is 1.18. The molecule has 0 saturated heterocycles. The van der Waals surface area contributed by atoms with Crippen molar-refractivity contribution in [1.29, 1.82) is 0 Å². The van der Waals surface area contributed by atoms with Gasteiger partial charge in [-0.1, -0.05) is 17.3 Å². The van der Waals surface area contributed by atoms with Crippen molar-refractivity contribution in [2.75, 3.05) is 28.2 Å². The Morgan fingerprint density at radius 1 is 1.06 bits per heavy atom. The molecule has 0 N–H and O–H groups in total. The molecule has 1 aromatic heterocycles. The molecule has 5 nitrogen and oxygen atoms in total. The molecule has 2 rings (SSSR count). The van der Waals surface area contributed by atoms with Gasteiger partial charge in [-0.3, -0.25) is 9.80 Å². The highest BCUT2D eigenvalue weighted by Crippen LogP contribution is 2.24. The van der Waals surface area contributed by atoms with Crippen molar-refractivity contribution < 1.29 is 0 Å². The van der Waals surface area contributed by atoms with Gasteiger partial charge in [-0.25, -0.2) is 4.68 Å². The van der Waals surface area contributed by atoms with Crippen LogP contribution in [0.15, 0.2) is 24.3 Å². The second-order valence-electron chi connectivity index (χ2n) is 4.75. The molecule has 0 spiro atoms. The highest BCUT2D eigenvalue weighted by Gasteiger charge is 2.34. The maximum atomic E-state index is 4.29. The van der Waals surface area contributed by atoms with E-state index >= 15 is 0 Å². The lowest BCUT2D eigenvalue weighted by Crippen LogP contribution is -2.54. The Kier molecular flexibility index (Phi) is 2.89. The Morgan fingerprint density at radius 2 is 1.65 bits per heavy atom. The third kappa shape index (κ3) is 1.71. The van der Waals surface area contributed by atoms with E-state index in [0.29, 0.717) is 0 Å².